The molecular formula is C17H33N3O2. The average molecular weight is 311 g/mol. The van der Waals surface area contributed by atoms with Crippen molar-refractivity contribution in [3.63, 3.8) is 0 Å². The van der Waals surface area contributed by atoms with E-state index in [4.69, 9.17) is 5.11 Å². The van der Waals surface area contributed by atoms with Gasteiger partial charge in [0.25, 0.3) is 0 Å². The molecule has 2 aliphatic rings. The second-order valence-electron chi connectivity index (χ2n) is 7.04. The summed E-state index contributed by atoms with van der Waals surface area (Å²) in [6, 6.07) is 0.239. The van der Waals surface area contributed by atoms with Crippen LogP contribution in [0.25, 0.3) is 0 Å². The molecule has 0 bridgehead atoms. The molecule has 1 aliphatic heterocycles. The highest BCUT2D eigenvalue weighted by molar-refractivity contribution is 5.74. The fourth-order valence-electron chi connectivity index (χ4n) is 3.78. The normalized spacial score (nSPS) is 24.5. The van der Waals surface area contributed by atoms with Crippen LogP contribution in [-0.2, 0) is 0 Å². The molecule has 128 valence electrons. The predicted molar refractivity (Wildman–Crippen MR) is 88.8 cm³/mol. The number of amides is 2. The van der Waals surface area contributed by atoms with Crippen molar-refractivity contribution in [2.24, 2.45) is 11.8 Å². The van der Waals surface area contributed by atoms with Crippen molar-refractivity contribution in [3.05, 3.63) is 0 Å². The smallest absolute Gasteiger partial charge is 0.315 e. The molecule has 0 aromatic heterocycles. The van der Waals surface area contributed by atoms with Crippen LogP contribution in [0.4, 0.5) is 4.79 Å². The molecule has 2 rings (SSSR count). The number of hydrogen-bond donors (Lipinski definition) is 3. The number of hydrogen-bond acceptors (Lipinski definition) is 3. The van der Waals surface area contributed by atoms with Crippen molar-refractivity contribution in [2.75, 3.05) is 32.8 Å². The molecule has 1 aliphatic carbocycles. The number of carbonyl (C=O) groups is 1. The maximum atomic E-state index is 12.0. The number of nitrogens with zero attached hydrogens (tertiary/aromatic N) is 1. The van der Waals surface area contributed by atoms with Crippen molar-refractivity contribution in [1.29, 1.82) is 0 Å². The predicted octanol–water partition coefficient (Wildman–Crippen LogP) is 1.96. The van der Waals surface area contributed by atoms with Gasteiger partial charge in [-0.2, -0.15) is 0 Å². The van der Waals surface area contributed by atoms with Gasteiger partial charge in [-0.05, 0) is 37.5 Å². The van der Waals surface area contributed by atoms with Crippen LogP contribution in [0, 0.1) is 11.8 Å². The van der Waals surface area contributed by atoms with Crippen molar-refractivity contribution < 1.29 is 9.90 Å². The molecule has 1 heterocycles. The van der Waals surface area contributed by atoms with E-state index in [1.54, 1.807) is 0 Å². The minimum Gasteiger partial charge on any atom is -0.396 e. The first-order valence-electron chi connectivity index (χ1n) is 9.08. The number of likely N-dealkylation sites (tertiary alicyclic amines) is 1. The van der Waals surface area contributed by atoms with Crippen LogP contribution in [0.15, 0.2) is 0 Å². The van der Waals surface area contributed by atoms with Gasteiger partial charge in [0.2, 0.25) is 0 Å². The Morgan fingerprint density at radius 2 is 2.09 bits per heavy atom. The van der Waals surface area contributed by atoms with Crippen molar-refractivity contribution >= 4 is 6.03 Å². The first-order chi connectivity index (χ1) is 10.7. The molecule has 1 saturated heterocycles. The van der Waals surface area contributed by atoms with E-state index in [9.17, 15) is 4.79 Å². The summed E-state index contributed by atoms with van der Waals surface area (Å²) < 4.78 is 0. The summed E-state index contributed by atoms with van der Waals surface area (Å²) in [5, 5.41) is 15.0. The second kappa shape index (κ2) is 9.36. The molecule has 0 aromatic rings. The summed E-state index contributed by atoms with van der Waals surface area (Å²) in [6.07, 6.45) is 8.38. The van der Waals surface area contributed by atoms with Crippen LogP contribution in [0.3, 0.4) is 0 Å². The molecule has 2 fully saturated rings. The van der Waals surface area contributed by atoms with E-state index in [1.165, 1.54) is 32.2 Å². The Kier molecular flexibility index (Phi) is 7.46. The van der Waals surface area contributed by atoms with E-state index in [1.807, 2.05) is 0 Å². The standard InChI is InChI=1S/C17H33N3O2/c1-2-14(8-10-21)11-18-17(22)19-16-7-9-20(13-16)12-15-5-3-4-6-15/h14-16,21H,2-13H2,1H3,(H2,18,19,22). The summed E-state index contributed by atoms with van der Waals surface area (Å²) in [5.41, 5.74) is 0. The third-order valence-corrected chi connectivity index (χ3v) is 5.26. The number of aliphatic hydroxyl groups is 1. The van der Waals surface area contributed by atoms with E-state index < -0.39 is 0 Å². The molecule has 2 amide bonds. The van der Waals surface area contributed by atoms with Gasteiger partial charge in [-0.1, -0.05) is 26.2 Å². The van der Waals surface area contributed by atoms with Gasteiger partial charge in [-0.3, -0.25) is 0 Å². The third-order valence-electron chi connectivity index (χ3n) is 5.26. The fourth-order valence-corrected chi connectivity index (χ4v) is 3.78. The summed E-state index contributed by atoms with van der Waals surface area (Å²) >= 11 is 0. The van der Waals surface area contributed by atoms with Gasteiger partial charge in [0, 0.05) is 38.8 Å². The Morgan fingerprint density at radius 1 is 1.32 bits per heavy atom. The number of urea groups is 1. The minimum atomic E-state index is -0.0518. The van der Waals surface area contributed by atoms with Crippen molar-refractivity contribution in [1.82, 2.24) is 15.5 Å². The topological polar surface area (TPSA) is 64.6 Å². The zero-order valence-corrected chi connectivity index (χ0v) is 14.0. The van der Waals surface area contributed by atoms with Gasteiger partial charge in [-0.25, -0.2) is 4.79 Å². The lowest BCUT2D eigenvalue weighted by molar-refractivity contribution is 0.226. The molecule has 0 spiro atoms. The minimum absolute atomic E-state index is 0.0518. The Balaban J connectivity index is 1.61. The Morgan fingerprint density at radius 3 is 2.77 bits per heavy atom. The highest BCUT2D eigenvalue weighted by Crippen LogP contribution is 2.26. The van der Waals surface area contributed by atoms with E-state index in [-0.39, 0.29) is 12.6 Å². The molecule has 22 heavy (non-hydrogen) atoms. The highest BCUT2D eigenvalue weighted by Gasteiger charge is 2.26. The van der Waals surface area contributed by atoms with E-state index >= 15 is 0 Å². The maximum Gasteiger partial charge on any atom is 0.315 e. The molecular weight excluding hydrogens is 278 g/mol. The zero-order chi connectivity index (χ0) is 15.8. The molecule has 1 saturated carbocycles. The van der Waals surface area contributed by atoms with Crippen molar-refractivity contribution in [2.45, 2.75) is 57.9 Å². The summed E-state index contributed by atoms with van der Waals surface area (Å²) in [7, 11) is 0. The second-order valence-corrected chi connectivity index (χ2v) is 7.04. The van der Waals surface area contributed by atoms with Crippen LogP contribution >= 0.6 is 0 Å². The van der Waals surface area contributed by atoms with Crippen LogP contribution in [0.5, 0.6) is 0 Å². The van der Waals surface area contributed by atoms with Gasteiger partial charge in [-0.15, -0.1) is 0 Å². The monoisotopic (exact) mass is 311 g/mol. The first-order valence-corrected chi connectivity index (χ1v) is 9.08. The lowest BCUT2D eigenvalue weighted by Crippen LogP contribution is -2.45. The number of carbonyl (C=O) groups excluding carboxylic acids is 1. The molecule has 2 unspecified atom stereocenters. The van der Waals surface area contributed by atoms with Gasteiger partial charge in [0.1, 0.15) is 0 Å². The molecule has 0 aromatic carbocycles. The third kappa shape index (κ3) is 5.76. The molecule has 5 heteroatoms. The van der Waals surface area contributed by atoms with Crippen LogP contribution in [0.2, 0.25) is 0 Å². The lowest BCUT2D eigenvalue weighted by atomic mass is 10.0. The van der Waals surface area contributed by atoms with E-state index in [0.717, 1.165) is 38.3 Å². The molecule has 3 N–H and O–H groups in total. The van der Waals surface area contributed by atoms with Crippen molar-refractivity contribution in [3.8, 4) is 0 Å². The van der Waals surface area contributed by atoms with Gasteiger partial charge >= 0.3 is 6.03 Å². The Bertz CT molecular complexity index is 332. The first kappa shape index (κ1) is 17.5. The SMILES string of the molecule is CCC(CCO)CNC(=O)NC1CCN(CC2CCCC2)C1. The molecule has 5 nitrogen and oxygen atoms in total. The molecule has 0 radical (unpaired) electrons. The summed E-state index contributed by atoms with van der Waals surface area (Å²) in [5.74, 6) is 1.26. The van der Waals surface area contributed by atoms with Crippen LogP contribution < -0.4 is 10.6 Å². The van der Waals surface area contributed by atoms with Gasteiger partial charge in [0.05, 0.1) is 0 Å². The Labute approximate surface area is 134 Å². The van der Waals surface area contributed by atoms with E-state index in [0.29, 0.717) is 18.5 Å². The zero-order valence-electron chi connectivity index (χ0n) is 14.0. The van der Waals surface area contributed by atoms with Crippen LogP contribution in [-0.4, -0.2) is 54.9 Å². The average Bonchev–Trinajstić information content (AvgIpc) is 3.16. The van der Waals surface area contributed by atoms with E-state index in [2.05, 4.69) is 22.5 Å². The largest absolute Gasteiger partial charge is 0.396 e. The summed E-state index contributed by atoms with van der Waals surface area (Å²) in [6.45, 7) is 6.27. The number of aliphatic hydroxyl groups excluding tert-OH is 1. The highest BCUT2D eigenvalue weighted by atomic mass is 16.3. The van der Waals surface area contributed by atoms with Gasteiger partial charge in [0.15, 0.2) is 0 Å². The number of rotatable bonds is 8. The summed E-state index contributed by atoms with van der Waals surface area (Å²) in [4.78, 5) is 14.5. The van der Waals surface area contributed by atoms with Gasteiger partial charge < -0.3 is 20.6 Å². The number of nitrogens with one attached hydrogen (secondary N) is 2. The Hall–Kier alpha value is -0.810. The lowest BCUT2D eigenvalue weighted by Gasteiger charge is -2.21. The fraction of sp³-hybridized carbons (Fsp3) is 0.941. The quantitative estimate of drug-likeness (QED) is 0.642. The molecule has 2 atom stereocenters. The maximum absolute atomic E-state index is 12.0. The van der Waals surface area contributed by atoms with Crippen LogP contribution in [0.1, 0.15) is 51.9 Å².